The van der Waals surface area contributed by atoms with E-state index in [1.54, 1.807) is 0 Å². The van der Waals surface area contributed by atoms with Crippen LogP contribution in [0, 0.1) is 0 Å². The first-order valence-electron chi connectivity index (χ1n) is 1.38. The van der Waals surface area contributed by atoms with Crippen LogP contribution in [0.1, 0.15) is 0 Å². The van der Waals surface area contributed by atoms with E-state index >= 15 is 0 Å². The number of hydrogen-bond donors (Lipinski definition) is 2. The number of rotatable bonds is 1. The second-order valence-electron chi connectivity index (χ2n) is 0.598. The van der Waals surface area contributed by atoms with Gasteiger partial charge in [0.1, 0.15) is 0 Å². The molecular formula is C2H5ClNO2Zr. The molecule has 0 heterocycles. The summed E-state index contributed by atoms with van der Waals surface area (Å²) < 4.78 is 0. The van der Waals surface area contributed by atoms with Gasteiger partial charge in [0.2, 0.25) is 0 Å². The molecule has 0 aliphatic heterocycles. The molecule has 0 atom stereocenters. The van der Waals surface area contributed by atoms with Gasteiger partial charge in [0.05, 0.1) is 6.54 Å². The van der Waals surface area contributed by atoms with Crippen LogP contribution in [0.2, 0.25) is 0 Å². The van der Waals surface area contributed by atoms with Gasteiger partial charge in [-0.2, -0.15) is 0 Å². The maximum atomic E-state index is 9.24. The summed E-state index contributed by atoms with van der Waals surface area (Å²) in [7, 11) is 4.73. The number of halogens is 1. The zero-order valence-corrected chi connectivity index (χ0v) is 6.73. The molecule has 0 aromatic heterocycles. The first-order chi connectivity index (χ1) is 3.27. The van der Waals surface area contributed by atoms with E-state index in [0.717, 1.165) is 23.5 Å². The summed E-state index contributed by atoms with van der Waals surface area (Å²) in [4.78, 5) is 9.24. The van der Waals surface area contributed by atoms with Crippen molar-refractivity contribution in [2.75, 3.05) is 6.54 Å². The molecular weight excluding hydrogens is 197 g/mol. The molecule has 0 saturated carbocycles. The maximum absolute atomic E-state index is 9.24. The van der Waals surface area contributed by atoms with E-state index in [4.69, 9.17) is 13.6 Å². The molecule has 7 heavy (non-hydrogen) atoms. The van der Waals surface area contributed by atoms with Crippen molar-refractivity contribution in [2.24, 2.45) is 5.73 Å². The van der Waals surface area contributed by atoms with Crippen molar-refractivity contribution in [3.8, 4) is 0 Å². The molecule has 0 aromatic carbocycles. The Balaban J connectivity index is 0. The standard InChI is InChI=1S/C2H5NO2.ClH.Zr/c3-1-2(4)5;;/h1,3H2,(H,4,5);1H;/q;;+1/p-1. The number of carboxylic acid groups (broad SMARTS) is 1. The van der Waals surface area contributed by atoms with Gasteiger partial charge in [0.25, 0.3) is 0 Å². The topological polar surface area (TPSA) is 63.3 Å². The SMILES string of the molecule is NCC(=O)O.[Cl][Zr]. The Morgan fingerprint density at radius 3 is 2.00 bits per heavy atom. The van der Waals surface area contributed by atoms with Gasteiger partial charge in [-0.1, -0.05) is 0 Å². The predicted octanol–water partition coefficient (Wildman–Crippen LogP) is -0.283. The molecule has 3 N–H and O–H groups in total. The van der Waals surface area contributed by atoms with Gasteiger partial charge in [0.15, 0.2) is 0 Å². The summed E-state index contributed by atoms with van der Waals surface area (Å²) in [6.07, 6.45) is 0. The summed E-state index contributed by atoms with van der Waals surface area (Å²) in [5, 5.41) is 7.60. The number of aliphatic carboxylic acids is 1. The van der Waals surface area contributed by atoms with Crippen molar-refractivity contribution >= 4 is 14.5 Å². The van der Waals surface area contributed by atoms with E-state index in [1.807, 2.05) is 0 Å². The summed E-state index contributed by atoms with van der Waals surface area (Å²) in [6.45, 7) is -0.278. The summed E-state index contributed by atoms with van der Waals surface area (Å²) in [5.74, 6) is -0.968. The number of hydrogen-bond acceptors (Lipinski definition) is 2. The fraction of sp³-hybridized carbons (Fsp3) is 0.500. The first-order valence-corrected chi connectivity index (χ1v) is 4.54. The van der Waals surface area contributed by atoms with Crippen LogP contribution in [0.25, 0.3) is 0 Å². The molecule has 41 valence electrons. The third-order valence-electron chi connectivity index (χ3n) is 0.175. The molecule has 0 rings (SSSR count). The van der Waals surface area contributed by atoms with E-state index < -0.39 is 5.97 Å². The normalized spacial score (nSPS) is 5.86. The molecule has 0 saturated heterocycles. The molecule has 0 radical (unpaired) electrons. The Morgan fingerprint density at radius 1 is 1.86 bits per heavy atom. The predicted molar refractivity (Wildman–Crippen MR) is 22.5 cm³/mol. The Labute approximate surface area is 60.2 Å². The van der Waals surface area contributed by atoms with E-state index in [-0.39, 0.29) is 6.54 Å². The first kappa shape index (κ1) is 10.6. The quantitative estimate of drug-likeness (QED) is 0.614. The second-order valence-corrected chi connectivity index (χ2v) is 0.598. The van der Waals surface area contributed by atoms with Crippen molar-refractivity contribution in [2.45, 2.75) is 0 Å². The second kappa shape index (κ2) is 9.78. The van der Waals surface area contributed by atoms with Gasteiger partial charge in [-0.3, -0.25) is 4.79 Å². The fourth-order valence-corrected chi connectivity index (χ4v) is 0. The third kappa shape index (κ3) is 20.6. The minimum atomic E-state index is -0.968. The molecule has 0 spiro atoms. The molecule has 0 aliphatic carbocycles. The third-order valence-corrected chi connectivity index (χ3v) is 0.175. The zero-order valence-electron chi connectivity index (χ0n) is 3.52. The van der Waals surface area contributed by atoms with E-state index in [9.17, 15) is 4.79 Å². The molecule has 0 unspecified atom stereocenters. The summed E-state index contributed by atoms with van der Waals surface area (Å²) >= 11 is 1.02. The van der Waals surface area contributed by atoms with Gasteiger partial charge < -0.3 is 10.8 Å². The van der Waals surface area contributed by atoms with Crippen LogP contribution in [-0.4, -0.2) is 17.6 Å². The molecule has 5 heteroatoms. The van der Waals surface area contributed by atoms with Crippen molar-refractivity contribution in [3.05, 3.63) is 0 Å². The summed E-state index contributed by atoms with van der Waals surface area (Å²) in [5.41, 5.74) is 4.57. The Hall–Kier alpha value is 0.603. The Bertz CT molecular complexity index is 51.0. The van der Waals surface area contributed by atoms with E-state index in [2.05, 4.69) is 5.73 Å². The van der Waals surface area contributed by atoms with Crippen LogP contribution in [0.3, 0.4) is 0 Å². The molecule has 0 bridgehead atoms. The molecule has 0 fully saturated rings. The van der Waals surface area contributed by atoms with Crippen LogP contribution in [0.4, 0.5) is 0 Å². The molecule has 0 amide bonds. The number of carboxylic acids is 1. The van der Waals surface area contributed by atoms with Crippen molar-refractivity contribution in [3.63, 3.8) is 0 Å². The number of nitrogens with two attached hydrogens (primary N) is 1. The van der Waals surface area contributed by atoms with Gasteiger partial charge >= 0.3 is 38.0 Å². The van der Waals surface area contributed by atoms with E-state index in [0.29, 0.717) is 0 Å². The van der Waals surface area contributed by atoms with E-state index in [1.165, 1.54) is 0 Å². The van der Waals surface area contributed by atoms with Gasteiger partial charge in [0, 0.05) is 0 Å². The Morgan fingerprint density at radius 2 is 2.00 bits per heavy atom. The van der Waals surface area contributed by atoms with Crippen LogP contribution in [0.5, 0.6) is 0 Å². The number of carbonyl (C=O) groups is 1. The summed E-state index contributed by atoms with van der Waals surface area (Å²) in [6, 6.07) is 0. The van der Waals surface area contributed by atoms with Crippen molar-refractivity contribution < 1.29 is 33.4 Å². The van der Waals surface area contributed by atoms with Crippen LogP contribution >= 0.6 is 8.51 Å². The van der Waals surface area contributed by atoms with Crippen LogP contribution in [0.15, 0.2) is 0 Å². The zero-order chi connectivity index (χ0) is 6.28. The van der Waals surface area contributed by atoms with Crippen LogP contribution in [-0.2, 0) is 28.3 Å². The van der Waals surface area contributed by atoms with Crippen LogP contribution < -0.4 is 5.73 Å². The average molecular weight is 202 g/mol. The fourth-order valence-electron chi connectivity index (χ4n) is 0. The van der Waals surface area contributed by atoms with Gasteiger partial charge in [-0.05, 0) is 0 Å². The van der Waals surface area contributed by atoms with Gasteiger partial charge in [-0.15, -0.1) is 0 Å². The van der Waals surface area contributed by atoms with Gasteiger partial charge in [-0.25, -0.2) is 0 Å². The van der Waals surface area contributed by atoms with Crippen molar-refractivity contribution in [1.29, 1.82) is 0 Å². The van der Waals surface area contributed by atoms with Crippen molar-refractivity contribution in [1.82, 2.24) is 0 Å². The average Bonchev–Trinajstić information content (AvgIpc) is 1.73. The molecule has 0 aliphatic rings. The Kier molecular flexibility index (Phi) is 14.8. The molecule has 0 aromatic rings. The minimum absolute atomic E-state index is 0.278. The molecule has 3 nitrogen and oxygen atoms in total. The monoisotopic (exact) mass is 200 g/mol.